The average molecular weight is 287 g/mol. The number of methoxy groups -OCH3 is 1. The van der Waals surface area contributed by atoms with E-state index in [0.717, 1.165) is 35.8 Å². The lowest BCUT2D eigenvalue weighted by Gasteiger charge is -2.09. The van der Waals surface area contributed by atoms with Crippen molar-refractivity contribution in [1.82, 2.24) is 15.3 Å². The summed E-state index contributed by atoms with van der Waals surface area (Å²) < 4.78 is 11.1. The molecule has 0 bridgehead atoms. The van der Waals surface area contributed by atoms with Gasteiger partial charge >= 0.3 is 0 Å². The van der Waals surface area contributed by atoms with E-state index in [1.54, 1.807) is 7.11 Å². The van der Waals surface area contributed by atoms with Crippen molar-refractivity contribution in [1.29, 1.82) is 0 Å². The van der Waals surface area contributed by atoms with Crippen LogP contribution in [0.15, 0.2) is 30.5 Å². The summed E-state index contributed by atoms with van der Waals surface area (Å²) in [5, 5.41) is 3.43. The summed E-state index contributed by atoms with van der Waals surface area (Å²) in [5.74, 6) is 1.83. The fraction of sp³-hybridized carbons (Fsp3) is 0.438. The number of rotatable bonds is 5. The second-order valence-electron chi connectivity index (χ2n) is 5.17. The minimum Gasteiger partial charge on any atom is -0.493 e. The first-order chi connectivity index (χ1) is 10.3. The molecule has 0 aliphatic carbocycles. The molecule has 1 saturated heterocycles. The summed E-state index contributed by atoms with van der Waals surface area (Å²) in [7, 11) is 1.75. The number of H-pyrrole nitrogens is 1. The number of ether oxygens (including phenoxy) is 2. The molecular weight excluding hydrogens is 266 g/mol. The molecule has 5 heteroatoms. The van der Waals surface area contributed by atoms with Gasteiger partial charge in [-0.25, -0.2) is 4.98 Å². The predicted octanol–water partition coefficient (Wildman–Crippen LogP) is 2.52. The number of nitrogens with zero attached hydrogens (tertiary/aromatic N) is 1. The van der Waals surface area contributed by atoms with Gasteiger partial charge in [-0.15, -0.1) is 0 Å². The largest absolute Gasteiger partial charge is 0.493 e. The summed E-state index contributed by atoms with van der Waals surface area (Å²) in [4.78, 5) is 7.92. The van der Waals surface area contributed by atoms with Crippen molar-refractivity contribution >= 4 is 0 Å². The number of hydrogen-bond donors (Lipinski definition) is 2. The van der Waals surface area contributed by atoms with Crippen LogP contribution in [0.5, 0.6) is 5.75 Å². The molecule has 3 rings (SSSR count). The third-order valence-electron chi connectivity index (χ3n) is 3.83. The first-order valence-electron chi connectivity index (χ1n) is 7.35. The molecule has 0 radical (unpaired) electrons. The van der Waals surface area contributed by atoms with E-state index >= 15 is 0 Å². The lowest BCUT2D eigenvalue weighted by Crippen LogP contribution is -2.16. The lowest BCUT2D eigenvalue weighted by atomic mass is 10.1. The van der Waals surface area contributed by atoms with Crippen LogP contribution in [-0.4, -0.2) is 36.3 Å². The van der Waals surface area contributed by atoms with Gasteiger partial charge < -0.3 is 19.8 Å². The number of nitrogens with one attached hydrogen (secondary N) is 2. The minimum atomic E-state index is 0.225. The first-order valence-corrected chi connectivity index (χ1v) is 7.35. The Morgan fingerprint density at radius 3 is 2.95 bits per heavy atom. The minimum absolute atomic E-state index is 0.225. The van der Waals surface area contributed by atoms with E-state index in [0.29, 0.717) is 6.61 Å². The molecule has 1 aromatic carbocycles. The van der Waals surface area contributed by atoms with Crippen molar-refractivity contribution in [3.05, 3.63) is 36.3 Å². The molecule has 112 valence electrons. The van der Waals surface area contributed by atoms with Gasteiger partial charge in [0.05, 0.1) is 30.6 Å². The Hall–Kier alpha value is -1.85. The fourth-order valence-electron chi connectivity index (χ4n) is 2.71. The van der Waals surface area contributed by atoms with E-state index in [1.807, 2.05) is 37.4 Å². The van der Waals surface area contributed by atoms with Gasteiger partial charge in [-0.2, -0.15) is 0 Å². The summed E-state index contributed by atoms with van der Waals surface area (Å²) in [5.41, 5.74) is 2.02. The average Bonchev–Trinajstić information content (AvgIpc) is 3.17. The molecule has 1 aliphatic rings. The Kier molecular flexibility index (Phi) is 4.22. The maximum Gasteiger partial charge on any atom is 0.128 e. The molecule has 21 heavy (non-hydrogen) atoms. The lowest BCUT2D eigenvalue weighted by molar-refractivity contribution is 0.117. The van der Waals surface area contributed by atoms with Gasteiger partial charge in [0.15, 0.2) is 0 Å². The summed E-state index contributed by atoms with van der Waals surface area (Å²) >= 11 is 0. The van der Waals surface area contributed by atoms with Crippen LogP contribution in [0.25, 0.3) is 11.3 Å². The number of benzene rings is 1. The normalized spacial score (nSPS) is 21.6. The maximum atomic E-state index is 5.68. The second kappa shape index (κ2) is 6.28. The maximum absolute atomic E-state index is 5.68. The third kappa shape index (κ3) is 2.94. The molecule has 0 amide bonds. The van der Waals surface area contributed by atoms with Crippen LogP contribution in [0, 0.1) is 0 Å². The molecular formula is C16H21N3O2. The SMILES string of the molecule is CCOc1ccccc1-c1cnc(C2CC(OC)CN2)[nH]1. The Labute approximate surface area is 124 Å². The highest BCUT2D eigenvalue weighted by Crippen LogP contribution is 2.30. The van der Waals surface area contributed by atoms with Crippen LogP contribution in [0.2, 0.25) is 0 Å². The summed E-state index contributed by atoms with van der Waals surface area (Å²) in [6.07, 6.45) is 3.07. The van der Waals surface area contributed by atoms with Gasteiger partial charge in [0.25, 0.3) is 0 Å². The van der Waals surface area contributed by atoms with Gasteiger partial charge in [0.2, 0.25) is 0 Å². The van der Waals surface area contributed by atoms with Gasteiger partial charge in [0.1, 0.15) is 11.6 Å². The number of hydrogen-bond acceptors (Lipinski definition) is 4. The van der Waals surface area contributed by atoms with Crippen molar-refractivity contribution in [3.63, 3.8) is 0 Å². The van der Waals surface area contributed by atoms with Crippen molar-refractivity contribution in [2.75, 3.05) is 20.3 Å². The highest BCUT2D eigenvalue weighted by molar-refractivity contribution is 5.66. The molecule has 5 nitrogen and oxygen atoms in total. The van der Waals surface area contributed by atoms with E-state index in [2.05, 4.69) is 15.3 Å². The number of aromatic nitrogens is 2. The van der Waals surface area contributed by atoms with Crippen LogP contribution in [-0.2, 0) is 4.74 Å². The van der Waals surface area contributed by atoms with Crippen molar-refractivity contribution < 1.29 is 9.47 Å². The third-order valence-corrected chi connectivity index (χ3v) is 3.83. The van der Waals surface area contributed by atoms with Crippen LogP contribution >= 0.6 is 0 Å². The summed E-state index contributed by atoms with van der Waals surface area (Å²) in [6.45, 7) is 3.51. The Bertz CT molecular complexity index is 597. The zero-order valence-electron chi connectivity index (χ0n) is 12.4. The number of para-hydroxylation sites is 1. The molecule has 1 aromatic heterocycles. The molecule has 1 fully saturated rings. The number of aromatic amines is 1. The second-order valence-corrected chi connectivity index (χ2v) is 5.17. The molecule has 0 saturated carbocycles. The van der Waals surface area contributed by atoms with Crippen molar-refractivity contribution in [3.8, 4) is 17.0 Å². The quantitative estimate of drug-likeness (QED) is 0.887. The smallest absolute Gasteiger partial charge is 0.128 e. The Balaban J connectivity index is 1.82. The first kappa shape index (κ1) is 14.1. The molecule has 1 aliphatic heterocycles. The van der Waals surface area contributed by atoms with Crippen LogP contribution < -0.4 is 10.1 Å². The van der Waals surface area contributed by atoms with E-state index in [1.165, 1.54) is 0 Å². The molecule has 2 heterocycles. The molecule has 2 unspecified atom stereocenters. The van der Waals surface area contributed by atoms with Crippen LogP contribution in [0.4, 0.5) is 0 Å². The Morgan fingerprint density at radius 2 is 2.19 bits per heavy atom. The van der Waals surface area contributed by atoms with Gasteiger partial charge in [-0.1, -0.05) is 12.1 Å². The van der Waals surface area contributed by atoms with Crippen LogP contribution in [0.3, 0.4) is 0 Å². The van der Waals surface area contributed by atoms with E-state index in [4.69, 9.17) is 9.47 Å². The van der Waals surface area contributed by atoms with Gasteiger partial charge in [-0.3, -0.25) is 0 Å². The highest BCUT2D eigenvalue weighted by atomic mass is 16.5. The summed E-state index contributed by atoms with van der Waals surface area (Å²) in [6, 6.07) is 8.24. The zero-order valence-corrected chi connectivity index (χ0v) is 12.4. The van der Waals surface area contributed by atoms with E-state index in [9.17, 15) is 0 Å². The van der Waals surface area contributed by atoms with Crippen molar-refractivity contribution in [2.45, 2.75) is 25.5 Å². The monoisotopic (exact) mass is 287 g/mol. The van der Waals surface area contributed by atoms with E-state index < -0.39 is 0 Å². The van der Waals surface area contributed by atoms with Gasteiger partial charge in [0, 0.05) is 19.2 Å². The Morgan fingerprint density at radius 1 is 1.33 bits per heavy atom. The predicted molar refractivity (Wildman–Crippen MR) is 81.4 cm³/mol. The van der Waals surface area contributed by atoms with Gasteiger partial charge in [-0.05, 0) is 25.5 Å². The fourth-order valence-corrected chi connectivity index (χ4v) is 2.71. The molecule has 2 atom stereocenters. The zero-order chi connectivity index (χ0) is 14.7. The van der Waals surface area contributed by atoms with E-state index in [-0.39, 0.29) is 12.1 Å². The molecule has 2 aromatic rings. The topological polar surface area (TPSA) is 59.2 Å². The highest BCUT2D eigenvalue weighted by Gasteiger charge is 2.27. The molecule has 2 N–H and O–H groups in total. The number of imidazole rings is 1. The standard InChI is InChI=1S/C16H21N3O2/c1-3-21-15-7-5-4-6-12(15)14-10-18-16(19-14)13-8-11(20-2)9-17-13/h4-7,10-11,13,17H,3,8-9H2,1-2H3,(H,18,19). The molecule has 0 spiro atoms. The van der Waals surface area contributed by atoms with Crippen LogP contribution in [0.1, 0.15) is 25.2 Å². The van der Waals surface area contributed by atoms with Crippen molar-refractivity contribution in [2.24, 2.45) is 0 Å².